The third-order valence-electron chi connectivity index (χ3n) is 6.81. The molecule has 1 aromatic carbocycles. The summed E-state index contributed by atoms with van der Waals surface area (Å²) >= 11 is 0. The van der Waals surface area contributed by atoms with Crippen molar-refractivity contribution in [2.45, 2.75) is 57.5 Å². The summed E-state index contributed by atoms with van der Waals surface area (Å²) in [6, 6.07) is 3.49. The van der Waals surface area contributed by atoms with Crippen LogP contribution in [0.25, 0.3) is 11.0 Å². The molecular weight excluding hydrogens is 415 g/mol. The van der Waals surface area contributed by atoms with E-state index in [4.69, 9.17) is 5.73 Å². The van der Waals surface area contributed by atoms with E-state index in [0.717, 1.165) is 41.4 Å². The molecule has 1 aliphatic carbocycles. The molecule has 5 nitrogen and oxygen atoms in total. The zero-order valence-electron chi connectivity index (χ0n) is 17.9. The number of hydrogen-bond acceptors (Lipinski definition) is 4. The Hall–Kier alpha value is -2.87. The SMILES string of the molecule is CC1CNCc2c(CCC3=CC(n4ccc5c(N)ncnc54)CC3)cc(C(F)F)c(F)c21. The number of aromatic nitrogens is 3. The van der Waals surface area contributed by atoms with Crippen LogP contribution in [0.15, 0.2) is 36.3 Å². The van der Waals surface area contributed by atoms with Crippen molar-refractivity contribution in [3.63, 3.8) is 0 Å². The quantitative estimate of drug-likeness (QED) is 0.535. The van der Waals surface area contributed by atoms with E-state index < -0.39 is 17.8 Å². The van der Waals surface area contributed by atoms with Gasteiger partial charge in [-0.25, -0.2) is 23.1 Å². The fourth-order valence-electron chi connectivity index (χ4n) is 5.17. The molecule has 0 radical (unpaired) electrons. The van der Waals surface area contributed by atoms with Gasteiger partial charge >= 0.3 is 0 Å². The van der Waals surface area contributed by atoms with Crippen LogP contribution < -0.4 is 11.1 Å². The highest BCUT2D eigenvalue weighted by atomic mass is 19.3. The largest absolute Gasteiger partial charge is 0.383 e. The maximum atomic E-state index is 14.8. The van der Waals surface area contributed by atoms with Gasteiger partial charge in [-0.05, 0) is 60.4 Å². The van der Waals surface area contributed by atoms with E-state index in [0.29, 0.717) is 30.9 Å². The van der Waals surface area contributed by atoms with Crippen LogP contribution in [0.5, 0.6) is 0 Å². The number of fused-ring (bicyclic) bond motifs is 2. The molecule has 5 rings (SSSR count). The third-order valence-corrected chi connectivity index (χ3v) is 6.81. The lowest BCUT2D eigenvalue weighted by Crippen LogP contribution is -2.29. The zero-order chi connectivity index (χ0) is 22.4. The summed E-state index contributed by atoms with van der Waals surface area (Å²) in [5, 5.41) is 4.13. The Bertz CT molecular complexity index is 1200. The number of nitrogens with zero attached hydrogens (tertiary/aromatic N) is 3. The van der Waals surface area contributed by atoms with Gasteiger partial charge < -0.3 is 15.6 Å². The molecule has 32 heavy (non-hydrogen) atoms. The van der Waals surface area contributed by atoms with Gasteiger partial charge in [-0.15, -0.1) is 0 Å². The molecule has 2 aliphatic rings. The Morgan fingerprint density at radius 2 is 2.12 bits per heavy atom. The van der Waals surface area contributed by atoms with Gasteiger partial charge in [0.05, 0.1) is 17.0 Å². The van der Waals surface area contributed by atoms with E-state index in [2.05, 4.69) is 25.9 Å². The van der Waals surface area contributed by atoms with Crippen molar-refractivity contribution in [1.82, 2.24) is 19.9 Å². The zero-order valence-corrected chi connectivity index (χ0v) is 17.9. The summed E-state index contributed by atoms with van der Waals surface area (Å²) < 4.78 is 44.0. The Balaban J connectivity index is 1.40. The average molecular weight is 442 g/mol. The number of hydrogen-bond donors (Lipinski definition) is 2. The van der Waals surface area contributed by atoms with E-state index in [9.17, 15) is 13.2 Å². The number of halogens is 3. The number of anilines is 1. The summed E-state index contributed by atoms with van der Waals surface area (Å²) in [4.78, 5) is 8.43. The molecule has 2 aromatic heterocycles. The number of aryl methyl sites for hydroxylation is 1. The van der Waals surface area contributed by atoms with Crippen LogP contribution in [0.3, 0.4) is 0 Å². The lowest BCUT2D eigenvalue weighted by Gasteiger charge is -2.28. The summed E-state index contributed by atoms with van der Waals surface area (Å²) in [7, 11) is 0. The van der Waals surface area contributed by atoms with Crippen molar-refractivity contribution < 1.29 is 13.2 Å². The van der Waals surface area contributed by atoms with Gasteiger partial charge in [0.25, 0.3) is 6.43 Å². The normalized spacial score (nSPS) is 20.7. The number of benzene rings is 1. The van der Waals surface area contributed by atoms with Crippen LogP contribution in [0.1, 0.15) is 66.8 Å². The summed E-state index contributed by atoms with van der Waals surface area (Å²) in [6.45, 7) is 3.00. The van der Waals surface area contributed by atoms with Gasteiger partial charge in [-0.3, -0.25) is 0 Å². The first-order chi connectivity index (χ1) is 15.4. The number of nitrogens with one attached hydrogen (secondary N) is 1. The topological polar surface area (TPSA) is 68.8 Å². The standard InChI is InChI=1S/C24H26F3N5/c1-13-10-29-11-19-15(9-18(22(26)27)21(25)20(13)19)4-2-14-3-5-16(8-14)32-7-6-17-23(28)30-12-31-24(17)32/h6-9,12-13,16,22,29H,2-5,10-11H2,1H3,(H2,28,30,31). The molecule has 0 bridgehead atoms. The van der Waals surface area contributed by atoms with Crippen molar-refractivity contribution in [2.24, 2.45) is 0 Å². The first kappa shape index (κ1) is 21.0. The van der Waals surface area contributed by atoms with E-state index >= 15 is 0 Å². The summed E-state index contributed by atoms with van der Waals surface area (Å²) in [5.41, 5.74) is 9.72. The fraction of sp³-hybridized carbons (Fsp3) is 0.417. The molecule has 3 N–H and O–H groups in total. The van der Waals surface area contributed by atoms with Crippen molar-refractivity contribution >= 4 is 16.9 Å². The fourth-order valence-corrected chi connectivity index (χ4v) is 5.17. The maximum Gasteiger partial charge on any atom is 0.266 e. The van der Waals surface area contributed by atoms with E-state index in [1.165, 1.54) is 18.0 Å². The van der Waals surface area contributed by atoms with Crippen LogP contribution in [-0.2, 0) is 13.0 Å². The molecule has 8 heteroatoms. The Labute approximate surface area is 184 Å². The molecule has 3 heterocycles. The highest BCUT2D eigenvalue weighted by Crippen LogP contribution is 2.37. The van der Waals surface area contributed by atoms with Crippen LogP contribution >= 0.6 is 0 Å². The number of nitrogen functional groups attached to an aromatic ring is 1. The number of nitrogens with two attached hydrogens (primary N) is 1. The van der Waals surface area contributed by atoms with E-state index in [1.54, 1.807) is 0 Å². The molecule has 0 fully saturated rings. The second kappa shape index (κ2) is 8.24. The Morgan fingerprint density at radius 1 is 1.28 bits per heavy atom. The monoisotopic (exact) mass is 441 g/mol. The van der Waals surface area contributed by atoms with Gasteiger partial charge in [-0.2, -0.15) is 0 Å². The molecule has 0 amide bonds. The molecule has 0 saturated carbocycles. The van der Waals surface area contributed by atoms with Gasteiger partial charge in [0.15, 0.2) is 0 Å². The van der Waals surface area contributed by atoms with Crippen molar-refractivity contribution in [3.05, 3.63) is 64.4 Å². The molecule has 0 saturated heterocycles. The second-order valence-corrected chi connectivity index (χ2v) is 8.81. The van der Waals surface area contributed by atoms with Crippen molar-refractivity contribution in [1.29, 1.82) is 0 Å². The molecule has 3 aromatic rings. The Kier molecular flexibility index (Phi) is 5.41. The van der Waals surface area contributed by atoms with Gasteiger partial charge in [-0.1, -0.05) is 18.6 Å². The smallest absolute Gasteiger partial charge is 0.266 e. The highest BCUT2D eigenvalue weighted by Gasteiger charge is 2.28. The minimum Gasteiger partial charge on any atom is -0.383 e. The first-order valence-electron chi connectivity index (χ1n) is 11.0. The predicted molar refractivity (Wildman–Crippen MR) is 118 cm³/mol. The lowest BCUT2D eigenvalue weighted by atomic mass is 9.85. The Morgan fingerprint density at radius 3 is 2.94 bits per heavy atom. The number of allylic oxidation sites excluding steroid dienone is 2. The lowest BCUT2D eigenvalue weighted by molar-refractivity contribution is 0.145. The molecule has 2 atom stereocenters. The first-order valence-corrected chi connectivity index (χ1v) is 11.0. The maximum absolute atomic E-state index is 14.8. The third kappa shape index (κ3) is 3.56. The second-order valence-electron chi connectivity index (χ2n) is 8.81. The highest BCUT2D eigenvalue weighted by molar-refractivity contribution is 5.86. The summed E-state index contributed by atoms with van der Waals surface area (Å²) in [6.07, 6.45) is 6.16. The minimum atomic E-state index is -2.81. The minimum absolute atomic E-state index is 0.122. The predicted octanol–water partition coefficient (Wildman–Crippen LogP) is 5.19. The molecule has 0 spiro atoms. The van der Waals surface area contributed by atoms with Crippen LogP contribution in [0.2, 0.25) is 0 Å². The number of alkyl halides is 2. The molecule has 168 valence electrons. The van der Waals surface area contributed by atoms with Crippen molar-refractivity contribution in [3.8, 4) is 0 Å². The van der Waals surface area contributed by atoms with E-state index in [1.807, 2.05) is 19.2 Å². The van der Waals surface area contributed by atoms with Gasteiger partial charge in [0.1, 0.15) is 23.6 Å². The van der Waals surface area contributed by atoms with Crippen molar-refractivity contribution in [2.75, 3.05) is 12.3 Å². The van der Waals surface area contributed by atoms with Gasteiger partial charge in [0, 0.05) is 19.3 Å². The molecular formula is C24H26F3N5. The van der Waals surface area contributed by atoms with Gasteiger partial charge in [0.2, 0.25) is 0 Å². The molecule has 2 unspecified atom stereocenters. The van der Waals surface area contributed by atoms with Crippen LogP contribution in [0, 0.1) is 5.82 Å². The average Bonchev–Trinajstić information content (AvgIpc) is 3.40. The summed E-state index contributed by atoms with van der Waals surface area (Å²) in [5.74, 6) is -0.383. The van der Waals surface area contributed by atoms with Crippen LogP contribution in [0.4, 0.5) is 19.0 Å². The number of rotatable bonds is 5. The molecule has 1 aliphatic heterocycles. The van der Waals surface area contributed by atoms with E-state index in [-0.39, 0.29) is 12.0 Å². The van der Waals surface area contributed by atoms with Crippen LogP contribution in [-0.4, -0.2) is 21.1 Å².